The quantitative estimate of drug-likeness (QED) is 0.419. The van der Waals surface area contributed by atoms with E-state index in [4.69, 9.17) is 10.4 Å². The zero-order valence-corrected chi connectivity index (χ0v) is 6.00. The van der Waals surface area contributed by atoms with Crippen molar-refractivity contribution in [3.05, 3.63) is 0 Å². The summed E-state index contributed by atoms with van der Waals surface area (Å²) in [4.78, 5) is 20.9. The summed E-state index contributed by atoms with van der Waals surface area (Å²) < 4.78 is 0. The second-order valence-electron chi connectivity index (χ2n) is 1.94. The Morgan fingerprint density at radius 1 is 1.73 bits per heavy atom. The third-order valence-electron chi connectivity index (χ3n) is 1.11. The lowest BCUT2D eigenvalue weighted by molar-refractivity contribution is -0.146. The highest BCUT2D eigenvalue weighted by molar-refractivity contribution is 5.96. The van der Waals surface area contributed by atoms with Gasteiger partial charge in [0.05, 0.1) is 6.07 Å². The topological polar surface area (TPSA) is 90.2 Å². The standard InChI is InChI=1S/C6H8N2O3/c1-4(6(10)11)5(9)8-3-2-7/h4H,3H2,1H3,(H,8,9)(H,10,11). The number of nitrogens with zero attached hydrogens (tertiary/aromatic N) is 1. The van der Waals surface area contributed by atoms with Crippen LogP contribution in [0.5, 0.6) is 0 Å². The summed E-state index contributed by atoms with van der Waals surface area (Å²) in [6.45, 7) is 1.10. The fourth-order valence-corrected chi connectivity index (χ4v) is 0.392. The number of carboxylic acid groups (broad SMARTS) is 1. The SMILES string of the molecule is CC(C(=O)O)C(=O)NCC#N. The number of nitrogens with one attached hydrogen (secondary N) is 1. The number of aliphatic carboxylic acids is 1. The summed E-state index contributed by atoms with van der Waals surface area (Å²) in [6, 6.07) is 1.67. The Labute approximate surface area is 63.6 Å². The Morgan fingerprint density at radius 2 is 2.27 bits per heavy atom. The van der Waals surface area contributed by atoms with E-state index in [-0.39, 0.29) is 6.54 Å². The summed E-state index contributed by atoms with van der Waals surface area (Å²) in [5.74, 6) is -2.93. The lowest BCUT2D eigenvalue weighted by Gasteiger charge is -2.03. The fourth-order valence-electron chi connectivity index (χ4n) is 0.392. The van der Waals surface area contributed by atoms with E-state index in [1.54, 1.807) is 6.07 Å². The molecule has 0 aliphatic rings. The molecule has 1 amide bonds. The van der Waals surface area contributed by atoms with Crippen molar-refractivity contribution in [2.45, 2.75) is 6.92 Å². The predicted octanol–water partition coefficient (Wildman–Crippen LogP) is -0.653. The van der Waals surface area contributed by atoms with Crippen molar-refractivity contribution in [2.24, 2.45) is 5.92 Å². The minimum atomic E-state index is -1.19. The first-order valence-electron chi connectivity index (χ1n) is 2.97. The average Bonchev–Trinajstić information content (AvgIpc) is 1.98. The van der Waals surface area contributed by atoms with Crippen LogP contribution in [0.4, 0.5) is 0 Å². The summed E-state index contributed by atoms with van der Waals surface area (Å²) in [5, 5.41) is 18.5. The van der Waals surface area contributed by atoms with E-state index in [2.05, 4.69) is 5.32 Å². The Bertz CT molecular complexity index is 206. The van der Waals surface area contributed by atoms with Crippen LogP contribution in [-0.2, 0) is 9.59 Å². The van der Waals surface area contributed by atoms with Gasteiger partial charge in [0, 0.05) is 0 Å². The van der Waals surface area contributed by atoms with Crippen LogP contribution in [0.1, 0.15) is 6.92 Å². The van der Waals surface area contributed by atoms with Crippen LogP contribution < -0.4 is 5.32 Å². The third-order valence-corrected chi connectivity index (χ3v) is 1.11. The molecule has 11 heavy (non-hydrogen) atoms. The molecule has 0 heterocycles. The van der Waals surface area contributed by atoms with Crippen molar-refractivity contribution >= 4 is 11.9 Å². The highest BCUT2D eigenvalue weighted by atomic mass is 16.4. The minimum Gasteiger partial charge on any atom is -0.481 e. The van der Waals surface area contributed by atoms with E-state index in [0.29, 0.717) is 0 Å². The minimum absolute atomic E-state index is 0.156. The van der Waals surface area contributed by atoms with Gasteiger partial charge in [-0.25, -0.2) is 0 Å². The molecule has 0 bridgehead atoms. The number of carbonyl (C=O) groups is 2. The molecule has 0 aromatic rings. The number of hydrogen-bond acceptors (Lipinski definition) is 3. The monoisotopic (exact) mass is 156 g/mol. The van der Waals surface area contributed by atoms with Gasteiger partial charge in [0.15, 0.2) is 0 Å². The van der Waals surface area contributed by atoms with Crippen molar-refractivity contribution in [1.29, 1.82) is 5.26 Å². The van der Waals surface area contributed by atoms with Gasteiger partial charge in [0.25, 0.3) is 0 Å². The molecule has 0 aliphatic heterocycles. The van der Waals surface area contributed by atoms with Gasteiger partial charge in [-0.2, -0.15) is 5.26 Å². The molecule has 0 aromatic heterocycles. The number of hydrogen-bond donors (Lipinski definition) is 2. The first-order chi connectivity index (χ1) is 5.09. The zero-order valence-electron chi connectivity index (χ0n) is 6.00. The van der Waals surface area contributed by atoms with Crippen molar-refractivity contribution in [2.75, 3.05) is 6.54 Å². The summed E-state index contributed by atoms with van der Waals surface area (Å²) >= 11 is 0. The molecule has 0 radical (unpaired) electrons. The van der Waals surface area contributed by atoms with E-state index < -0.39 is 17.8 Å². The number of amides is 1. The fraction of sp³-hybridized carbons (Fsp3) is 0.500. The van der Waals surface area contributed by atoms with Crippen LogP contribution in [0.25, 0.3) is 0 Å². The van der Waals surface area contributed by atoms with E-state index in [0.717, 1.165) is 0 Å². The maximum atomic E-state index is 10.7. The third kappa shape index (κ3) is 3.20. The maximum absolute atomic E-state index is 10.7. The Balaban J connectivity index is 3.85. The molecule has 1 unspecified atom stereocenters. The van der Waals surface area contributed by atoms with Gasteiger partial charge in [0.2, 0.25) is 5.91 Å². The lowest BCUT2D eigenvalue weighted by atomic mass is 10.2. The Hall–Kier alpha value is -1.57. The maximum Gasteiger partial charge on any atom is 0.315 e. The van der Waals surface area contributed by atoms with Crippen LogP contribution in [0.3, 0.4) is 0 Å². The molecule has 0 saturated carbocycles. The van der Waals surface area contributed by atoms with E-state index >= 15 is 0 Å². The van der Waals surface area contributed by atoms with E-state index in [9.17, 15) is 9.59 Å². The molecule has 1 atom stereocenters. The highest BCUT2D eigenvalue weighted by Crippen LogP contribution is 1.92. The largest absolute Gasteiger partial charge is 0.481 e. The van der Waals surface area contributed by atoms with Gasteiger partial charge in [-0.15, -0.1) is 0 Å². The molecule has 0 spiro atoms. The summed E-state index contributed by atoms with van der Waals surface area (Å²) in [6.07, 6.45) is 0. The normalized spacial score (nSPS) is 11.3. The van der Waals surface area contributed by atoms with Gasteiger partial charge in [-0.1, -0.05) is 0 Å². The zero-order chi connectivity index (χ0) is 8.85. The van der Waals surface area contributed by atoms with Gasteiger partial charge in [0.1, 0.15) is 12.5 Å². The second-order valence-corrected chi connectivity index (χ2v) is 1.94. The van der Waals surface area contributed by atoms with Gasteiger partial charge >= 0.3 is 5.97 Å². The summed E-state index contributed by atoms with van der Waals surface area (Å²) in [7, 11) is 0. The molecule has 60 valence electrons. The van der Waals surface area contributed by atoms with E-state index in [1.807, 2.05) is 0 Å². The van der Waals surface area contributed by atoms with E-state index in [1.165, 1.54) is 6.92 Å². The molecule has 2 N–H and O–H groups in total. The smallest absolute Gasteiger partial charge is 0.315 e. The van der Waals surface area contributed by atoms with Gasteiger partial charge in [-0.3, -0.25) is 9.59 Å². The van der Waals surface area contributed by atoms with Gasteiger partial charge < -0.3 is 10.4 Å². The lowest BCUT2D eigenvalue weighted by Crippen LogP contribution is -2.33. The molecule has 0 aromatic carbocycles. The molecule has 0 rings (SSSR count). The van der Waals surface area contributed by atoms with Crippen molar-refractivity contribution < 1.29 is 14.7 Å². The summed E-state index contributed by atoms with van der Waals surface area (Å²) in [5.41, 5.74) is 0. The number of nitriles is 1. The Kier molecular flexibility index (Phi) is 3.67. The highest BCUT2D eigenvalue weighted by Gasteiger charge is 2.19. The Morgan fingerprint density at radius 3 is 2.64 bits per heavy atom. The van der Waals surface area contributed by atoms with Crippen LogP contribution in [0.2, 0.25) is 0 Å². The second kappa shape index (κ2) is 4.28. The molecule has 5 heteroatoms. The van der Waals surface area contributed by atoms with Crippen LogP contribution in [0, 0.1) is 17.2 Å². The number of carboxylic acids is 1. The molecule has 0 aliphatic carbocycles. The van der Waals surface area contributed by atoms with Crippen molar-refractivity contribution in [3.63, 3.8) is 0 Å². The first kappa shape index (κ1) is 9.43. The molecular weight excluding hydrogens is 148 g/mol. The number of carbonyl (C=O) groups excluding carboxylic acids is 1. The molecular formula is C6H8N2O3. The van der Waals surface area contributed by atoms with Crippen LogP contribution in [-0.4, -0.2) is 23.5 Å². The average molecular weight is 156 g/mol. The van der Waals surface area contributed by atoms with Crippen LogP contribution >= 0.6 is 0 Å². The van der Waals surface area contributed by atoms with Crippen LogP contribution in [0.15, 0.2) is 0 Å². The first-order valence-corrected chi connectivity index (χ1v) is 2.97. The predicted molar refractivity (Wildman–Crippen MR) is 35.4 cm³/mol. The number of rotatable bonds is 3. The molecule has 0 fully saturated rings. The van der Waals surface area contributed by atoms with Gasteiger partial charge in [-0.05, 0) is 6.92 Å². The van der Waals surface area contributed by atoms with Crippen molar-refractivity contribution in [1.82, 2.24) is 5.32 Å². The van der Waals surface area contributed by atoms with Crippen molar-refractivity contribution in [3.8, 4) is 6.07 Å². The molecule has 0 saturated heterocycles. The molecule has 5 nitrogen and oxygen atoms in total.